The van der Waals surface area contributed by atoms with Gasteiger partial charge in [0.25, 0.3) is 0 Å². The van der Waals surface area contributed by atoms with E-state index < -0.39 is 17.8 Å². The summed E-state index contributed by atoms with van der Waals surface area (Å²) >= 11 is 9.21. The van der Waals surface area contributed by atoms with Crippen LogP contribution in [0.15, 0.2) is 94.5 Å². The molecule has 0 atom stereocenters. The lowest BCUT2D eigenvalue weighted by Gasteiger charge is -2.09. The summed E-state index contributed by atoms with van der Waals surface area (Å²) in [5.41, 5.74) is 3.41. The molecule has 0 saturated carbocycles. The molecule has 0 fully saturated rings. The molecule has 0 aliphatic carbocycles. The number of amides is 2. The van der Waals surface area contributed by atoms with Crippen LogP contribution in [0.2, 0.25) is 5.02 Å². The number of nitrogens with zero attached hydrogens (tertiary/aromatic N) is 1. The van der Waals surface area contributed by atoms with Gasteiger partial charge in [-0.2, -0.15) is 5.10 Å². The topological polar surface area (TPSA) is 96.9 Å². The fourth-order valence-corrected chi connectivity index (χ4v) is 3.69. The van der Waals surface area contributed by atoms with E-state index in [0.29, 0.717) is 26.3 Å². The third kappa shape index (κ3) is 6.11. The average molecular weight is 551 g/mol. The Bertz CT molecular complexity index is 1450. The molecular formula is C26H17BrClN3O4. The van der Waals surface area contributed by atoms with Gasteiger partial charge in [-0.25, -0.2) is 10.2 Å². The number of hydrogen-bond donors (Lipinski definition) is 2. The summed E-state index contributed by atoms with van der Waals surface area (Å²) in [7, 11) is 0. The first-order valence-corrected chi connectivity index (χ1v) is 11.5. The van der Waals surface area contributed by atoms with E-state index in [9.17, 15) is 14.4 Å². The molecule has 0 unspecified atom stereocenters. The summed E-state index contributed by atoms with van der Waals surface area (Å²) in [5.74, 6) is -2.20. The summed E-state index contributed by atoms with van der Waals surface area (Å²) in [5, 5.41) is 8.67. The quantitative estimate of drug-likeness (QED) is 0.112. The molecule has 35 heavy (non-hydrogen) atoms. The molecule has 0 aliphatic heterocycles. The van der Waals surface area contributed by atoms with Crippen LogP contribution >= 0.6 is 27.5 Å². The highest BCUT2D eigenvalue weighted by molar-refractivity contribution is 9.10. The molecule has 0 radical (unpaired) electrons. The van der Waals surface area contributed by atoms with E-state index in [1.165, 1.54) is 6.21 Å². The highest BCUT2D eigenvalue weighted by Crippen LogP contribution is 2.24. The lowest BCUT2D eigenvalue weighted by atomic mass is 10.1. The maximum atomic E-state index is 12.5. The second-order valence-corrected chi connectivity index (χ2v) is 8.61. The van der Waals surface area contributed by atoms with E-state index in [1.54, 1.807) is 54.6 Å². The first kappa shape index (κ1) is 24.1. The number of rotatable bonds is 5. The second-order valence-electron chi connectivity index (χ2n) is 7.26. The summed E-state index contributed by atoms with van der Waals surface area (Å²) < 4.78 is 6.16. The number of esters is 1. The minimum atomic E-state index is -0.955. The standard InChI is InChI=1S/C26H17BrClN3O4/c27-19-10-13-23(35-26(34)17-8-11-20(28)12-9-17)18(14-19)15-29-31-25(33)24(32)30-22-7-3-5-16-4-1-2-6-21(16)22/h1-15H,(H,30,32)(H,31,33). The Morgan fingerprint density at radius 2 is 1.63 bits per heavy atom. The minimum absolute atomic E-state index is 0.214. The molecular weight excluding hydrogens is 534 g/mol. The zero-order valence-electron chi connectivity index (χ0n) is 18.0. The van der Waals surface area contributed by atoms with Crippen molar-refractivity contribution in [3.63, 3.8) is 0 Å². The first-order chi connectivity index (χ1) is 16.9. The molecule has 4 aromatic rings. The van der Waals surface area contributed by atoms with Gasteiger partial charge in [0.05, 0.1) is 11.8 Å². The van der Waals surface area contributed by atoms with Gasteiger partial charge in [-0.3, -0.25) is 9.59 Å². The lowest BCUT2D eigenvalue weighted by Crippen LogP contribution is -2.32. The van der Waals surface area contributed by atoms with Crippen molar-refractivity contribution < 1.29 is 19.1 Å². The van der Waals surface area contributed by atoms with Crippen LogP contribution in [0.3, 0.4) is 0 Å². The predicted octanol–water partition coefficient (Wildman–Crippen LogP) is 5.56. The third-order valence-electron chi connectivity index (χ3n) is 4.87. The Hall–Kier alpha value is -4.01. The molecule has 4 aromatic carbocycles. The maximum Gasteiger partial charge on any atom is 0.343 e. The van der Waals surface area contributed by atoms with Gasteiger partial charge in [0.15, 0.2) is 0 Å². The maximum absolute atomic E-state index is 12.5. The number of hydrazone groups is 1. The number of hydrogen-bond acceptors (Lipinski definition) is 5. The van der Waals surface area contributed by atoms with Crippen molar-refractivity contribution in [2.24, 2.45) is 5.10 Å². The van der Waals surface area contributed by atoms with E-state index in [4.69, 9.17) is 16.3 Å². The van der Waals surface area contributed by atoms with Crippen LogP contribution < -0.4 is 15.5 Å². The first-order valence-electron chi connectivity index (χ1n) is 10.3. The SMILES string of the molecule is O=C(NN=Cc1cc(Br)ccc1OC(=O)c1ccc(Cl)cc1)C(=O)Nc1cccc2ccccc12. The number of ether oxygens (including phenoxy) is 1. The zero-order valence-corrected chi connectivity index (χ0v) is 20.3. The molecule has 0 heterocycles. The molecule has 0 saturated heterocycles. The number of anilines is 1. The van der Waals surface area contributed by atoms with Gasteiger partial charge >= 0.3 is 17.8 Å². The van der Waals surface area contributed by atoms with Crippen LogP contribution in [-0.2, 0) is 9.59 Å². The van der Waals surface area contributed by atoms with Crippen LogP contribution in [0.4, 0.5) is 5.69 Å². The Morgan fingerprint density at radius 3 is 2.43 bits per heavy atom. The Morgan fingerprint density at radius 1 is 0.886 bits per heavy atom. The van der Waals surface area contributed by atoms with Crippen LogP contribution in [0.25, 0.3) is 10.8 Å². The predicted molar refractivity (Wildman–Crippen MR) is 139 cm³/mol. The van der Waals surface area contributed by atoms with E-state index in [2.05, 4.69) is 31.8 Å². The number of benzene rings is 4. The number of carbonyl (C=O) groups is 3. The van der Waals surface area contributed by atoms with Crippen LogP contribution in [0, 0.1) is 0 Å². The Balaban J connectivity index is 1.43. The minimum Gasteiger partial charge on any atom is -0.422 e. The molecule has 0 aromatic heterocycles. The van der Waals surface area contributed by atoms with Gasteiger partial charge < -0.3 is 10.1 Å². The van der Waals surface area contributed by atoms with Gasteiger partial charge in [0, 0.05) is 26.1 Å². The molecule has 0 spiro atoms. The van der Waals surface area contributed by atoms with Crippen LogP contribution in [-0.4, -0.2) is 24.0 Å². The van der Waals surface area contributed by atoms with Crippen LogP contribution in [0.1, 0.15) is 15.9 Å². The van der Waals surface area contributed by atoms with E-state index in [1.807, 2.05) is 30.3 Å². The van der Waals surface area contributed by atoms with Gasteiger partial charge in [-0.15, -0.1) is 0 Å². The monoisotopic (exact) mass is 549 g/mol. The van der Waals surface area contributed by atoms with Crippen molar-refractivity contribution in [1.82, 2.24) is 5.43 Å². The molecule has 9 heteroatoms. The molecule has 4 rings (SSSR count). The molecule has 0 aliphatic rings. The molecule has 174 valence electrons. The summed E-state index contributed by atoms with van der Waals surface area (Å²) in [6, 6.07) is 24.1. The van der Waals surface area contributed by atoms with Gasteiger partial charge in [0.2, 0.25) is 0 Å². The van der Waals surface area contributed by atoms with Gasteiger partial charge in [-0.1, -0.05) is 63.9 Å². The van der Waals surface area contributed by atoms with Gasteiger partial charge in [-0.05, 0) is 53.9 Å². The fourth-order valence-electron chi connectivity index (χ4n) is 3.18. The van der Waals surface area contributed by atoms with Crippen molar-refractivity contribution in [1.29, 1.82) is 0 Å². The highest BCUT2D eigenvalue weighted by atomic mass is 79.9. The normalized spacial score (nSPS) is 10.8. The number of carbonyl (C=O) groups excluding carboxylic acids is 3. The van der Waals surface area contributed by atoms with Crippen LogP contribution in [0.5, 0.6) is 5.75 Å². The van der Waals surface area contributed by atoms with Crippen molar-refractivity contribution in [3.05, 3.63) is 106 Å². The molecule has 7 nitrogen and oxygen atoms in total. The Kier molecular flexibility index (Phi) is 7.54. The number of halogens is 2. The summed E-state index contributed by atoms with van der Waals surface area (Å²) in [6.07, 6.45) is 1.28. The Labute approximate surface area is 213 Å². The van der Waals surface area contributed by atoms with Crippen molar-refractivity contribution in [2.75, 3.05) is 5.32 Å². The zero-order chi connectivity index (χ0) is 24.8. The van der Waals surface area contributed by atoms with E-state index in [0.717, 1.165) is 10.8 Å². The third-order valence-corrected chi connectivity index (χ3v) is 5.61. The lowest BCUT2D eigenvalue weighted by molar-refractivity contribution is -0.136. The molecule has 2 amide bonds. The highest BCUT2D eigenvalue weighted by Gasteiger charge is 2.15. The molecule has 2 N–H and O–H groups in total. The smallest absolute Gasteiger partial charge is 0.343 e. The molecule has 0 bridgehead atoms. The van der Waals surface area contributed by atoms with Crippen molar-refractivity contribution in [2.45, 2.75) is 0 Å². The summed E-state index contributed by atoms with van der Waals surface area (Å²) in [6.45, 7) is 0. The number of nitrogens with one attached hydrogen (secondary N) is 2. The van der Waals surface area contributed by atoms with E-state index >= 15 is 0 Å². The second kappa shape index (κ2) is 10.9. The van der Waals surface area contributed by atoms with Crippen molar-refractivity contribution in [3.8, 4) is 5.75 Å². The number of fused-ring (bicyclic) bond motifs is 1. The van der Waals surface area contributed by atoms with E-state index in [-0.39, 0.29) is 5.75 Å². The van der Waals surface area contributed by atoms with Crippen molar-refractivity contribution >= 4 is 68.0 Å². The summed E-state index contributed by atoms with van der Waals surface area (Å²) in [4.78, 5) is 37.1. The fraction of sp³-hybridized carbons (Fsp3) is 0. The van der Waals surface area contributed by atoms with Gasteiger partial charge in [0.1, 0.15) is 5.75 Å². The average Bonchev–Trinajstić information content (AvgIpc) is 2.86. The largest absolute Gasteiger partial charge is 0.422 e.